The molecule has 0 fully saturated rings. The number of nitrogens with one attached hydrogen (secondary N) is 1. The molecular weight excluding hydrogens is 320 g/mol. The molecule has 0 aliphatic carbocycles. The second kappa shape index (κ2) is 6.64. The van der Waals surface area contributed by atoms with Crippen molar-refractivity contribution in [3.05, 3.63) is 35.5 Å². The van der Waals surface area contributed by atoms with Gasteiger partial charge in [0.15, 0.2) is 0 Å². The van der Waals surface area contributed by atoms with Crippen LogP contribution >= 0.6 is 22.9 Å². The Balaban J connectivity index is 1.81. The molecule has 3 aromatic rings. The third kappa shape index (κ3) is 3.24. The first-order valence-electron chi connectivity index (χ1n) is 7.19. The third-order valence-electron chi connectivity index (χ3n) is 3.48. The maximum Gasteiger partial charge on any atom is 0.214 e. The lowest BCUT2D eigenvalue weighted by Gasteiger charge is -2.13. The van der Waals surface area contributed by atoms with Crippen molar-refractivity contribution in [3.63, 3.8) is 0 Å². The second-order valence-electron chi connectivity index (χ2n) is 5.03. The van der Waals surface area contributed by atoms with Crippen molar-refractivity contribution in [1.29, 1.82) is 0 Å². The maximum atomic E-state index is 9.04. The molecule has 0 saturated carbocycles. The highest BCUT2D eigenvalue weighted by atomic mass is 35.5. The van der Waals surface area contributed by atoms with E-state index in [1.54, 1.807) is 4.52 Å². The van der Waals surface area contributed by atoms with Crippen LogP contribution in [0.5, 0.6) is 0 Å². The van der Waals surface area contributed by atoms with Gasteiger partial charge in [0.25, 0.3) is 0 Å². The largest absolute Gasteiger partial charge is 0.396 e. The van der Waals surface area contributed by atoms with Gasteiger partial charge in [0.2, 0.25) is 10.1 Å². The van der Waals surface area contributed by atoms with Crippen LogP contribution in [0, 0.1) is 0 Å². The summed E-state index contributed by atoms with van der Waals surface area (Å²) >= 11 is 7.41. The molecule has 0 aliphatic rings. The molecule has 0 radical (unpaired) electrons. The van der Waals surface area contributed by atoms with E-state index in [0.29, 0.717) is 11.4 Å². The minimum absolute atomic E-state index is 0.175. The van der Waals surface area contributed by atoms with Gasteiger partial charge in [-0.15, -0.1) is 5.10 Å². The van der Waals surface area contributed by atoms with Gasteiger partial charge < -0.3 is 10.4 Å². The van der Waals surface area contributed by atoms with E-state index in [-0.39, 0.29) is 12.6 Å². The predicted molar refractivity (Wildman–Crippen MR) is 90.7 cm³/mol. The molecule has 7 heteroatoms. The van der Waals surface area contributed by atoms with Crippen LogP contribution in [0.1, 0.15) is 19.8 Å². The summed E-state index contributed by atoms with van der Waals surface area (Å²) in [5, 5.41) is 18.4. The molecule has 1 unspecified atom stereocenters. The van der Waals surface area contributed by atoms with Gasteiger partial charge >= 0.3 is 0 Å². The SMILES string of the molecule is CCC(CCO)Nc1nn2cc(-c3ccc(Cl)cc3)nc2s1. The summed E-state index contributed by atoms with van der Waals surface area (Å²) in [5.41, 5.74) is 1.90. The van der Waals surface area contributed by atoms with E-state index < -0.39 is 0 Å². The molecule has 116 valence electrons. The highest BCUT2D eigenvalue weighted by Crippen LogP contribution is 2.26. The molecular formula is C15H17ClN4OS. The molecule has 3 rings (SSSR count). The highest BCUT2D eigenvalue weighted by Gasteiger charge is 2.12. The van der Waals surface area contributed by atoms with Crippen molar-refractivity contribution >= 4 is 33.0 Å². The van der Waals surface area contributed by atoms with Crippen molar-refractivity contribution in [2.24, 2.45) is 0 Å². The lowest BCUT2D eigenvalue weighted by Crippen LogP contribution is -2.19. The number of aromatic nitrogens is 3. The summed E-state index contributed by atoms with van der Waals surface area (Å²) in [6.45, 7) is 2.26. The Morgan fingerprint density at radius 1 is 1.36 bits per heavy atom. The predicted octanol–water partition coefficient (Wildman–Crippen LogP) is 3.68. The molecule has 0 spiro atoms. The quantitative estimate of drug-likeness (QED) is 0.720. The molecule has 1 atom stereocenters. The van der Waals surface area contributed by atoms with Gasteiger partial charge in [-0.05, 0) is 25.0 Å². The van der Waals surface area contributed by atoms with E-state index in [2.05, 4.69) is 22.3 Å². The molecule has 2 N–H and O–H groups in total. The van der Waals surface area contributed by atoms with Crippen LogP contribution < -0.4 is 5.32 Å². The first-order valence-corrected chi connectivity index (χ1v) is 8.38. The van der Waals surface area contributed by atoms with Crippen molar-refractivity contribution in [2.45, 2.75) is 25.8 Å². The molecule has 0 amide bonds. The van der Waals surface area contributed by atoms with Crippen LogP contribution in [0.2, 0.25) is 5.02 Å². The zero-order valence-corrected chi connectivity index (χ0v) is 13.7. The number of aliphatic hydroxyl groups excluding tert-OH is 1. The first-order chi connectivity index (χ1) is 10.7. The molecule has 22 heavy (non-hydrogen) atoms. The number of halogens is 1. The fourth-order valence-corrected chi connectivity index (χ4v) is 3.21. The Labute approximate surface area is 137 Å². The smallest absolute Gasteiger partial charge is 0.214 e. The number of hydrogen-bond acceptors (Lipinski definition) is 5. The third-order valence-corrected chi connectivity index (χ3v) is 4.59. The average Bonchev–Trinajstić information content (AvgIpc) is 3.05. The van der Waals surface area contributed by atoms with Crippen molar-refractivity contribution in [1.82, 2.24) is 14.6 Å². The number of rotatable bonds is 6. The summed E-state index contributed by atoms with van der Waals surface area (Å²) in [7, 11) is 0. The minimum Gasteiger partial charge on any atom is -0.396 e. The van der Waals surface area contributed by atoms with Crippen LogP contribution in [0.4, 0.5) is 5.13 Å². The van der Waals surface area contributed by atoms with E-state index in [4.69, 9.17) is 16.7 Å². The Morgan fingerprint density at radius 3 is 2.77 bits per heavy atom. The molecule has 5 nitrogen and oxygen atoms in total. The van der Waals surface area contributed by atoms with Crippen molar-refractivity contribution in [3.8, 4) is 11.3 Å². The van der Waals surface area contributed by atoms with Crippen LogP contribution in [0.25, 0.3) is 16.2 Å². The highest BCUT2D eigenvalue weighted by molar-refractivity contribution is 7.20. The van der Waals surface area contributed by atoms with E-state index >= 15 is 0 Å². The maximum absolute atomic E-state index is 9.04. The Hall–Kier alpha value is -1.63. The van der Waals surface area contributed by atoms with E-state index in [1.807, 2.05) is 30.5 Å². The Kier molecular flexibility index (Phi) is 4.61. The first kappa shape index (κ1) is 15.3. The fourth-order valence-electron chi connectivity index (χ4n) is 2.23. The van der Waals surface area contributed by atoms with Gasteiger partial charge in [-0.25, -0.2) is 9.50 Å². The van der Waals surface area contributed by atoms with Gasteiger partial charge in [0.1, 0.15) is 0 Å². The van der Waals surface area contributed by atoms with Gasteiger partial charge in [-0.1, -0.05) is 42.0 Å². The van der Waals surface area contributed by atoms with Gasteiger partial charge in [0.05, 0.1) is 11.9 Å². The fraction of sp³-hybridized carbons (Fsp3) is 0.333. The monoisotopic (exact) mass is 336 g/mol. The van der Waals surface area contributed by atoms with Crippen molar-refractivity contribution < 1.29 is 5.11 Å². The van der Waals surface area contributed by atoms with Gasteiger partial charge in [-0.2, -0.15) is 0 Å². The molecule has 2 aromatic heterocycles. The second-order valence-corrected chi connectivity index (χ2v) is 6.42. The lowest BCUT2D eigenvalue weighted by molar-refractivity contribution is 0.278. The van der Waals surface area contributed by atoms with Gasteiger partial charge in [0, 0.05) is 23.2 Å². The minimum atomic E-state index is 0.175. The molecule has 0 saturated heterocycles. The number of imidazole rings is 1. The number of fused-ring (bicyclic) bond motifs is 1. The zero-order chi connectivity index (χ0) is 15.5. The van der Waals surface area contributed by atoms with E-state index in [0.717, 1.165) is 27.8 Å². The number of anilines is 1. The summed E-state index contributed by atoms with van der Waals surface area (Å²) < 4.78 is 1.78. The number of nitrogens with zero attached hydrogens (tertiary/aromatic N) is 3. The molecule has 0 aliphatic heterocycles. The summed E-state index contributed by atoms with van der Waals surface area (Å²) in [6, 6.07) is 7.83. The van der Waals surface area contributed by atoms with Crippen LogP contribution in [0.3, 0.4) is 0 Å². The number of benzene rings is 1. The standard InChI is InChI=1S/C15H17ClN4OS/c1-2-12(7-8-21)17-14-19-20-9-13(18-15(20)22-14)10-3-5-11(16)6-4-10/h3-6,9,12,21H,2,7-8H2,1H3,(H,17,19). The van der Waals surface area contributed by atoms with E-state index in [1.165, 1.54) is 11.3 Å². The summed E-state index contributed by atoms with van der Waals surface area (Å²) in [5.74, 6) is 0. The van der Waals surface area contributed by atoms with Crippen LogP contribution in [0.15, 0.2) is 30.5 Å². The van der Waals surface area contributed by atoms with Crippen molar-refractivity contribution in [2.75, 3.05) is 11.9 Å². The average molecular weight is 337 g/mol. The lowest BCUT2D eigenvalue weighted by atomic mass is 10.2. The summed E-state index contributed by atoms with van der Waals surface area (Å²) in [4.78, 5) is 5.44. The topological polar surface area (TPSA) is 62.5 Å². The molecule has 2 heterocycles. The van der Waals surface area contributed by atoms with Gasteiger partial charge in [-0.3, -0.25) is 0 Å². The summed E-state index contributed by atoms with van der Waals surface area (Å²) in [6.07, 6.45) is 3.57. The number of hydrogen-bond donors (Lipinski definition) is 2. The molecule has 1 aromatic carbocycles. The zero-order valence-electron chi connectivity index (χ0n) is 12.2. The van der Waals surface area contributed by atoms with Crippen LogP contribution in [-0.4, -0.2) is 32.4 Å². The van der Waals surface area contributed by atoms with Crippen LogP contribution in [-0.2, 0) is 0 Å². The molecule has 0 bridgehead atoms. The Morgan fingerprint density at radius 2 is 2.14 bits per heavy atom. The normalized spacial score (nSPS) is 12.7. The number of aliphatic hydroxyl groups is 1. The Bertz CT molecular complexity index is 721. The van der Waals surface area contributed by atoms with E-state index in [9.17, 15) is 0 Å².